The van der Waals surface area contributed by atoms with Gasteiger partial charge in [-0.25, -0.2) is 0 Å². The molecule has 1 aromatic carbocycles. The number of carbonyl (C=O) groups is 1. The lowest BCUT2D eigenvalue weighted by Crippen LogP contribution is -2.47. The zero-order valence-corrected chi connectivity index (χ0v) is 15.5. The zero-order valence-electron chi connectivity index (χ0n) is 14.7. The van der Waals surface area contributed by atoms with Crippen LogP contribution in [-0.4, -0.2) is 44.2 Å². The molecule has 0 saturated carbocycles. The second kappa shape index (κ2) is 8.36. The van der Waals surface area contributed by atoms with Crippen LogP contribution in [0, 0.1) is 0 Å². The number of amides is 1. The molecule has 1 saturated heterocycles. The van der Waals surface area contributed by atoms with Gasteiger partial charge in [-0.05, 0) is 43.0 Å². The minimum Gasteiger partial charge on any atom is -0.497 e. The highest BCUT2D eigenvalue weighted by molar-refractivity contribution is 7.09. The maximum absolute atomic E-state index is 12.7. The van der Waals surface area contributed by atoms with Gasteiger partial charge in [-0.3, -0.25) is 9.69 Å². The lowest BCUT2D eigenvalue weighted by Gasteiger charge is -2.33. The molecule has 1 atom stereocenters. The first-order chi connectivity index (χ1) is 12.2. The smallest absolute Gasteiger partial charge is 0.255 e. The van der Waals surface area contributed by atoms with Crippen molar-refractivity contribution in [3.63, 3.8) is 0 Å². The second-order valence-corrected chi connectivity index (χ2v) is 7.23. The summed E-state index contributed by atoms with van der Waals surface area (Å²) >= 11 is 1.78. The largest absolute Gasteiger partial charge is 0.497 e. The van der Waals surface area contributed by atoms with Gasteiger partial charge in [-0.15, -0.1) is 11.3 Å². The van der Waals surface area contributed by atoms with Gasteiger partial charge in [0.1, 0.15) is 11.5 Å². The average molecular weight is 360 g/mol. The molecule has 2 aromatic rings. The van der Waals surface area contributed by atoms with E-state index in [1.54, 1.807) is 43.8 Å². The van der Waals surface area contributed by atoms with Crippen LogP contribution in [-0.2, 0) is 6.54 Å². The van der Waals surface area contributed by atoms with E-state index in [-0.39, 0.29) is 11.9 Å². The number of piperidine rings is 1. The number of hydrogen-bond donors (Lipinski definition) is 1. The Kier molecular flexibility index (Phi) is 5.94. The Labute approximate surface area is 152 Å². The molecule has 1 N–H and O–H groups in total. The number of nitrogens with zero attached hydrogens (tertiary/aromatic N) is 1. The molecule has 2 heterocycles. The van der Waals surface area contributed by atoms with E-state index in [9.17, 15) is 4.79 Å². The van der Waals surface area contributed by atoms with E-state index in [4.69, 9.17) is 9.47 Å². The maximum Gasteiger partial charge on any atom is 0.255 e. The number of likely N-dealkylation sites (tertiary alicyclic amines) is 1. The Hall–Kier alpha value is -2.05. The number of hydrogen-bond acceptors (Lipinski definition) is 5. The molecular weight excluding hydrogens is 336 g/mol. The van der Waals surface area contributed by atoms with Crippen LogP contribution < -0.4 is 14.8 Å². The third-order valence-corrected chi connectivity index (χ3v) is 5.31. The molecule has 1 amide bonds. The van der Waals surface area contributed by atoms with E-state index in [1.807, 2.05) is 0 Å². The van der Waals surface area contributed by atoms with E-state index in [0.29, 0.717) is 17.1 Å². The van der Waals surface area contributed by atoms with Crippen molar-refractivity contribution >= 4 is 17.2 Å². The van der Waals surface area contributed by atoms with E-state index in [0.717, 1.165) is 32.5 Å². The number of rotatable bonds is 6. The predicted octanol–water partition coefficient (Wildman–Crippen LogP) is 3.16. The van der Waals surface area contributed by atoms with Crippen molar-refractivity contribution in [2.45, 2.75) is 25.4 Å². The van der Waals surface area contributed by atoms with Crippen molar-refractivity contribution in [3.8, 4) is 11.5 Å². The van der Waals surface area contributed by atoms with Crippen molar-refractivity contribution in [2.24, 2.45) is 0 Å². The van der Waals surface area contributed by atoms with Crippen molar-refractivity contribution in [2.75, 3.05) is 27.3 Å². The van der Waals surface area contributed by atoms with E-state index in [2.05, 4.69) is 27.7 Å². The Morgan fingerprint density at radius 2 is 2.20 bits per heavy atom. The van der Waals surface area contributed by atoms with E-state index >= 15 is 0 Å². The molecule has 134 valence electrons. The molecule has 1 aliphatic heterocycles. The van der Waals surface area contributed by atoms with Crippen LogP contribution in [0.1, 0.15) is 28.1 Å². The molecule has 3 rings (SSSR count). The van der Waals surface area contributed by atoms with Crippen LogP contribution in [0.25, 0.3) is 0 Å². The standard InChI is InChI=1S/C19H24N2O3S/c1-23-15-7-8-17(18(11-15)24-2)19(22)20-14-5-3-9-21(12-14)13-16-6-4-10-25-16/h4,6-8,10-11,14H,3,5,9,12-13H2,1-2H3,(H,20,22). The fraction of sp³-hybridized carbons (Fsp3) is 0.421. The lowest BCUT2D eigenvalue weighted by atomic mass is 10.0. The molecule has 0 aliphatic carbocycles. The van der Waals surface area contributed by atoms with Crippen LogP contribution in [0.2, 0.25) is 0 Å². The van der Waals surface area contributed by atoms with Gasteiger partial charge < -0.3 is 14.8 Å². The molecule has 0 spiro atoms. The molecule has 1 unspecified atom stereocenters. The third-order valence-electron chi connectivity index (χ3n) is 4.45. The monoisotopic (exact) mass is 360 g/mol. The van der Waals surface area contributed by atoms with Gasteiger partial charge in [0.25, 0.3) is 5.91 Å². The molecule has 1 aliphatic rings. The lowest BCUT2D eigenvalue weighted by molar-refractivity contribution is 0.0898. The second-order valence-electron chi connectivity index (χ2n) is 6.19. The van der Waals surface area contributed by atoms with Gasteiger partial charge in [0.05, 0.1) is 19.8 Å². The number of ether oxygens (including phenoxy) is 2. The molecular formula is C19H24N2O3S. The summed E-state index contributed by atoms with van der Waals surface area (Å²) in [6.45, 7) is 2.91. The Morgan fingerprint density at radius 3 is 2.92 bits per heavy atom. The van der Waals surface area contributed by atoms with Crippen LogP contribution in [0.4, 0.5) is 0 Å². The van der Waals surface area contributed by atoms with Crippen molar-refractivity contribution in [3.05, 3.63) is 46.2 Å². The SMILES string of the molecule is COc1ccc(C(=O)NC2CCCN(Cc3cccs3)C2)c(OC)c1. The fourth-order valence-electron chi connectivity index (χ4n) is 3.19. The molecule has 5 nitrogen and oxygen atoms in total. The van der Waals surface area contributed by atoms with Crippen molar-refractivity contribution in [1.29, 1.82) is 0 Å². The number of methoxy groups -OCH3 is 2. The normalized spacial score (nSPS) is 17.9. The first kappa shape index (κ1) is 17.8. The summed E-state index contributed by atoms with van der Waals surface area (Å²) in [7, 11) is 3.16. The minimum atomic E-state index is -0.0949. The maximum atomic E-state index is 12.7. The van der Waals surface area contributed by atoms with Gasteiger partial charge in [-0.1, -0.05) is 6.07 Å². The highest BCUT2D eigenvalue weighted by atomic mass is 32.1. The summed E-state index contributed by atoms with van der Waals surface area (Å²) in [5, 5.41) is 5.26. The van der Waals surface area contributed by atoms with Gasteiger partial charge >= 0.3 is 0 Å². The van der Waals surface area contributed by atoms with Crippen LogP contribution >= 0.6 is 11.3 Å². The number of carbonyl (C=O) groups excluding carboxylic acids is 1. The number of benzene rings is 1. The van der Waals surface area contributed by atoms with Gasteiger partial charge in [0.15, 0.2) is 0 Å². The molecule has 25 heavy (non-hydrogen) atoms. The third kappa shape index (κ3) is 4.52. The van der Waals surface area contributed by atoms with E-state index in [1.165, 1.54) is 4.88 Å². The summed E-state index contributed by atoms with van der Waals surface area (Å²) < 4.78 is 10.5. The van der Waals surface area contributed by atoms with Crippen LogP contribution in [0.3, 0.4) is 0 Å². The fourth-order valence-corrected chi connectivity index (χ4v) is 3.94. The average Bonchev–Trinajstić information content (AvgIpc) is 3.14. The van der Waals surface area contributed by atoms with Crippen LogP contribution in [0.15, 0.2) is 35.7 Å². The highest BCUT2D eigenvalue weighted by Crippen LogP contribution is 2.25. The number of nitrogens with one attached hydrogen (secondary N) is 1. The first-order valence-corrected chi connectivity index (χ1v) is 9.35. The highest BCUT2D eigenvalue weighted by Gasteiger charge is 2.23. The molecule has 0 radical (unpaired) electrons. The molecule has 6 heteroatoms. The van der Waals surface area contributed by atoms with Crippen LogP contribution in [0.5, 0.6) is 11.5 Å². The summed E-state index contributed by atoms with van der Waals surface area (Å²) in [4.78, 5) is 16.4. The summed E-state index contributed by atoms with van der Waals surface area (Å²) in [5.74, 6) is 1.11. The zero-order chi connectivity index (χ0) is 17.6. The predicted molar refractivity (Wildman–Crippen MR) is 99.6 cm³/mol. The Balaban J connectivity index is 1.62. The van der Waals surface area contributed by atoms with Crippen molar-refractivity contribution in [1.82, 2.24) is 10.2 Å². The Bertz CT molecular complexity index is 703. The molecule has 0 bridgehead atoms. The first-order valence-electron chi connectivity index (χ1n) is 8.47. The topological polar surface area (TPSA) is 50.8 Å². The molecule has 1 aromatic heterocycles. The summed E-state index contributed by atoms with van der Waals surface area (Å²) in [6, 6.07) is 9.67. The Morgan fingerprint density at radius 1 is 1.32 bits per heavy atom. The van der Waals surface area contributed by atoms with Crippen molar-refractivity contribution < 1.29 is 14.3 Å². The quantitative estimate of drug-likeness (QED) is 0.860. The number of thiophene rings is 1. The minimum absolute atomic E-state index is 0.0949. The summed E-state index contributed by atoms with van der Waals surface area (Å²) in [6.07, 6.45) is 2.10. The summed E-state index contributed by atoms with van der Waals surface area (Å²) in [5.41, 5.74) is 0.540. The van der Waals surface area contributed by atoms with Gasteiger partial charge in [-0.2, -0.15) is 0 Å². The van der Waals surface area contributed by atoms with E-state index < -0.39 is 0 Å². The van der Waals surface area contributed by atoms with Gasteiger partial charge in [0.2, 0.25) is 0 Å². The van der Waals surface area contributed by atoms with Gasteiger partial charge in [0, 0.05) is 30.1 Å². The molecule has 1 fully saturated rings.